The fraction of sp³-hybridized carbons (Fsp3) is 0.0556. The fourth-order valence-corrected chi connectivity index (χ4v) is 3.47. The zero-order chi connectivity index (χ0) is 17.2. The largest absolute Gasteiger partial charge is 0.212 e. The zero-order valence-electron chi connectivity index (χ0n) is 12.9. The van der Waals surface area contributed by atoms with E-state index in [4.69, 9.17) is 0 Å². The Kier molecular flexibility index (Phi) is 4.50. The molecule has 7 heteroatoms. The van der Waals surface area contributed by atoms with Gasteiger partial charge in [0.1, 0.15) is 5.82 Å². The van der Waals surface area contributed by atoms with Crippen molar-refractivity contribution in [1.29, 1.82) is 0 Å². The van der Waals surface area contributed by atoms with E-state index < -0.39 is 0 Å². The molecule has 0 aliphatic heterocycles. The summed E-state index contributed by atoms with van der Waals surface area (Å²) in [7, 11) is 0. The highest BCUT2D eigenvalue weighted by Crippen LogP contribution is 2.24. The van der Waals surface area contributed by atoms with Crippen LogP contribution in [-0.2, 0) is 5.75 Å². The standard InChI is InChI=1S/C18H12BrFN4S/c19-14-5-3-13(4-6-14)16-9-10-17-21-22-18(24(17)23-16)25-11-12-1-7-15(20)8-2-12/h1-10H,11H2. The van der Waals surface area contributed by atoms with E-state index in [0.717, 1.165) is 21.3 Å². The minimum Gasteiger partial charge on any atom is -0.207 e. The van der Waals surface area contributed by atoms with Gasteiger partial charge >= 0.3 is 0 Å². The summed E-state index contributed by atoms with van der Waals surface area (Å²) >= 11 is 4.96. The number of nitrogens with zero attached hydrogens (tertiary/aromatic N) is 4. The molecule has 0 radical (unpaired) electrons. The first-order valence-corrected chi connectivity index (χ1v) is 9.32. The van der Waals surface area contributed by atoms with E-state index in [1.165, 1.54) is 23.9 Å². The molecule has 0 amide bonds. The first-order valence-electron chi connectivity index (χ1n) is 7.55. The SMILES string of the molecule is Fc1ccc(CSc2nnc3ccc(-c4ccc(Br)cc4)nn23)cc1. The average Bonchev–Trinajstić information content (AvgIpc) is 3.04. The van der Waals surface area contributed by atoms with Crippen LogP contribution in [0.1, 0.15) is 5.56 Å². The number of hydrogen-bond donors (Lipinski definition) is 0. The van der Waals surface area contributed by atoms with Crippen LogP contribution in [0.4, 0.5) is 4.39 Å². The van der Waals surface area contributed by atoms with Gasteiger partial charge in [0.05, 0.1) is 5.69 Å². The lowest BCUT2D eigenvalue weighted by Gasteiger charge is -2.04. The average molecular weight is 415 g/mol. The van der Waals surface area contributed by atoms with Crippen molar-refractivity contribution in [3.05, 3.63) is 76.5 Å². The van der Waals surface area contributed by atoms with Gasteiger partial charge in [0, 0.05) is 15.8 Å². The van der Waals surface area contributed by atoms with Crippen molar-refractivity contribution in [2.24, 2.45) is 0 Å². The third-order valence-corrected chi connectivity index (χ3v) is 5.17. The van der Waals surface area contributed by atoms with Crippen LogP contribution in [0.15, 0.2) is 70.3 Å². The number of halogens is 2. The molecule has 0 fully saturated rings. The maximum Gasteiger partial charge on any atom is 0.212 e. The number of fused-ring (bicyclic) bond motifs is 1. The Labute approximate surface area is 156 Å². The van der Waals surface area contributed by atoms with Crippen molar-refractivity contribution in [2.45, 2.75) is 10.9 Å². The maximum absolute atomic E-state index is 13.0. The second-order valence-electron chi connectivity index (χ2n) is 5.39. The number of thioether (sulfide) groups is 1. The van der Waals surface area contributed by atoms with Crippen LogP contribution in [0.2, 0.25) is 0 Å². The Morgan fingerprint density at radius 2 is 1.68 bits per heavy atom. The minimum atomic E-state index is -0.234. The molecule has 124 valence electrons. The second-order valence-corrected chi connectivity index (χ2v) is 7.25. The van der Waals surface area contributed by atoms with E-state index in [0.29, 0.717) is 16.6 Å². The molecule has 25 heavy (non-hydrogen) atoms. The fourth-order valence-electron chi connectivity index (χ4n) is 2.36. The smallest absolute Gasteiger partial charge is 0.207 e. The Balaban J connectivity index is 1.62. The minimum absolute atomic E-state index is 0.234. The van der Waals surface area contributed by atoms with Crippen molar-refractivity contribution < 1.29 is 4.39 Å². The molecule has 4 nitrogen and oxygen atoms in total. The molecule has 0 unspecified atom stereocenters. The molecule has 0 saturated heterocycles. The van der Waals surface area contributed by atoms with E-state index in [1.54, 1.807) is 16.6 Å². The summed E-state index contributed by atoms with van der Waals surface area (Å²) in [6.45, 7) is 0. The summed E-state index contributed by atoms with van der Waals surface area (Å²) in [6, 6.07) is 18.3. The Hall–Kier alpha value is -2.25. The molecule has 0 spiro atoms. The number of aromatic nitrogens is 4. The number of benzene rings is 2. The van der Waals surface area contributed by atoms with E-state index in [-0.39, 0.29) is 5.82 Å². The van der Waals surface area contributed by atoms with E-state index in [2.05, 4.69) is 31.2 Å². The van der Waals surface area contributed by atoms with Crippen LogP contribution in [0, 0.1) is 5.82 Å². The van der Waals surface area contributed by atoms with Crippen LogP contribution in [0.25, 0.3) is 16.9 Å². The molecular formula is C18H12BrFN4S. The monoisotopic (exact) mass is 414 g/mol. The molecule has 0 saturated carbocycles. The van der Waals surface area contributed by atoms with Gasteiger partial charge in [-0.1, -0.05) is 52.0 Å². The van der Waals surface area contributed by atoms with Gasteiger partial charge in [0.15, 0.2) is 5.65 Å². The molecule has 0 aliphatic carbocycles. The van der Waals surface area contributed by atoms with Crippen molar-refractivity contribution in [1.82, 2.24) is 19.8 Å². The van der Waals surface area contributed by atoms with Crippen LogP contribution in [0.5, 0.6) is 0 Å². The summed E-state index contributed by atoms with van der Waals surface area (Å²) < 4.78 is 15.8. The lowest BCUT2D eigenvalue weighted by Crippen LogP contribution is -1.96. The second kappa shape index (κ2) is 6.93. The molecule has 4 rings (SSSR count). The molecule has 0 aliphatic rings. The first kappa shape index (κ1) is 16.2. The van der Waals surface area contributed by atoms with Gasteiger partial charge in [0.2, 0.25) is 5.16 Å². The highest BCUT2D eigenvalue weighted by molar-refractivity contribution is 9.10. The molecule has 0 atom stereocenters. The predicted octanol–water partition coefficient (Wildman–Crippen LogP) is 4.99. The van der Waals surface area contributed by atoms with Crippen LogP contribution in [-0.4, -0.2) is 19.8 Å². The highest BCUT2D eigenvalue weighted by atomic mass is 79.9. The van der Waals surface area contributed by atoms with Gasteiger partial charge in [-0.05, 0) is 42.0 Å². The van der Waals surface area contributed by atoms with Gasteiger partial charge in [-0.15, -0.1) is 10.2 Å². The number of rotatable bonds is 4. The van der Waals surface area contributed by atoms with Crippen molar-refractivity contribution in [2.75, 3.05) is 0 Å². The molecule has 2 heterocycles. The molecule has 2 aromatic heterocycles. The van der Waals surface area contributed by atoms with Crippen molar-refractivity contribution in [3.8, 4) is 11.3 Å². The lowest BCUT2D eigenvalue weighted by molar-refractivity contribution is 0.627. The first-order chi connectivity index (χ1) is 12.2. The van der Waals surface area contributed by atoms with E-state index >= 15 is 0 Å². The third kappa shape index (κ3) is 3.57. The maximum atomic E-state index is 13.0. The summed E-state index contributed by atoms with van der Waals surface area (Å²) in [5.74, 6) is 0.438. The Morgan fingerprint density at radius 3 is 2.44 bits per heavy atom. The normalized spacial score (nSPS) is 11.1. The van der Waals surface area contributed by atoms with Gasteiger partial charge in [-0.2, -0.15) is 9.61 Å². The van der Waals surface area contributed by atoms with Gasteiger partial charge in [0.25, 0.3) is 0 Å². The van der Waals surface area contributed by atoms with Crippen LogP contribution >= 0.6 is 27.7 Å². The van der Waals surface area contributed by atoms with E-state index in [9.17, 15) is 4.39 Å². The molecule has 0 bridgehead atoms. The topological polar surface area (TPSA) is 43.1 Å². The summed E-state index contributed by atoms with van der Waals surface area (Å²) in [4.78, 5) is 0. The zero-order valence-corrected chi connectivity index (χ0v) is 15.3. The van der Waals surface area contributed by atoms with Crippen LogP contribution < -0.4 is 0 Å². The number of hydrogen-bond acceptors (Lipinski definition) is 4. The predicted molar refractivity (Wildman–Crippen MR) is 99.9 cm³/mol. The Bertz CT molecular complexity index is 1020. The van der Waals surface area contributed by atoms with Crippen molar-refractivity contribution >= 4 is 33.3 Å². The summed E-state index contributed by atoms with van der Waals surface area (Å²) in [6.07, 6.45) is 0. The Morgan fingerprint density at radius 1 is 0.920 bits per heavy atom. The van der Waals surface area contributed by atoms with Gasteiger partial charge in [-0.25, -0.2) is 4.39 Å². The summed E-state index contributed by atoms with van der Waals surface area (Å²) in [5, 5.41) is 13.7. The highest BCUT2D eigenvalue weighted by Gasteiger charge is 2.10. The van der Waals surface area contributed by atoms with Crippen LogP contribution in [0.3, 0.4) is 0 Å². The quantitative estimate of drug-likeness (QED) is 0.441. The molecule has 4 aromatic rings. The van der Waals surface area contributed by atoms with Gasteiger partial charge in [-0.3, -0.25) is 0 Å². The molecule has 2 aromatic carbocycles. The third-order valence-electron chi connectivity index (χ3n) is 3.66. The van der Waals surface area contributed by atoms with E-state index in [1.807, 2.05) is 36.4 Å². The molecular weight excluding hydrogens is 403 g/mol. The van der Waals surface area contributed by atoms with Crippen molar-refractivity contribution in [3.63, 3.8) is 0 Å². The summed E-state index contributed by atoms with van der Waals surface area (Å²) in [5.41, 5.74) is 3.59. The molecule has 0 N–H and O–H groups in total. The van der Waals surface area contributed by atoms with Gasteiger partial charge < -0.3 is 0 Å². The lowest BCUT2D eigenvalue weighted by atomic mass is 10.1.